The first-order valence-corrected chi connectivity index (χ1v) is 8.63. The minimum atomic E-state index is -1.90. The van der Waals surface area contributed by atoms with Crippen LogP contribution in [0.15, 0.2) is 0 Å². The van der Waals surface area contributed by atoms with E-state index < -0.39 is 17.0 Å². The van der Waals surface area contributed by atoms with Gasteiger partial charge in [0.15, 0.2) is 5.67 Å². The largest absolute Gasteiger partial charge is 0.379 e. The Bertz CT molecular complexity index is 499. The van der Waals surface area contributed by atoms with E-state index in [0.29, 0.717) is 13.2 Å². The van der Waals surface area contributed by atoms with E-state index in [1.807, 2.05) is 11.8 Å². The number of rotatable bonds is 3. The van der Waals surface area contributed by atoms with E-state index in [1.54, 1.807) is 0 Å². The number of fused-ring (bicyclic) bond motifs is 2. The van der Waals surface area contributed by atoms with E-state index in [0.717, 1.165) is 32.1 Å². The van der Waals surface area contributed by atoms with E-state index in [1.165, 1.54) is 13.8 Å². The van der Waals surface area contributed by atoms with E-state index in [9.17, 15) is 14.0 Å². The lowest BCUT2D eigenvalue weighted by molar-refractivity contribution is -0.172. The second-order valence-corrected chi connectivity index (χ2v) is 8.05. The topological polar surface area (TPSA) is 58.6 Å². The summed E-state index contributed by atoms with van der Waals surface area (Å²) in [6, 6.07) is 0.0857. The standard InChI is InChI=1S/C17H27FN2O3/c1-16(2,18)14(21)19-12-6-4-5-11-7-8-13(12)20(11)15(22)17(3)9-23-10-17/h11-13H,4-10H2,1-3H3,(H,19,21). The van der Waals surface area contributed by atoms with Gasteiger partial charge in [-0.05, 0) is 52.9 Å². The number of nitrogens with zero attached hydrogens (tertiary/aromatic N) is 1. The molecule has 3 aliphatic rings. The molecule has 0 aromatic heterocycles. The molecular weight excluding hydrogens is 299 g/mol. The zero-order chi connectivity index (χ0) is 16.8. The van der Waals surface area contributed by atoms with Gasteiger partial charge in [-0.3, -0.25) is 9.59 Å². The summed E-state index contributed by atoms with van der Waals surface area (Å²) in [5.74, 6) is -0.449. The maximum absolute atomic E-state index is 13.9. The molecule has 2 amide bonds. The normalized spacial score (nSPS) is 32.9. The molecule has 0 aromatic carbocycles. The van der Waals surface area contributed by atoms with Crippen molar-refractivity contribution in [2.24, 2.45) is 5.41 Å². The second kappa shape index (κ2) is 5.72. The van der Waals surface area contributed by atoms with Crippen molar-refractivity contribution in [1.29, 1.82) is 0 Å². The molecule has 0 aromatic rings. The minimum absolute atomic E-state index is 0.0151. The van der Waals surface area contributed by atoms with Crippen LogP contribution < -0.4 is 5.32 Å². The van der Waals surface area contributed by atoms with Gasteiger partial charge < -0.3 is 15.0 Å². The van der Waals surface area contributed by atoms with Gasteiger partial charge in [-0.2, -0.15) is 0 Å². The lowest BCUT2D eigenvalue weighted by Crippen LogP contribution is -2.60. The Kier molecular flexibility index (Phi) is 4.15. The Balaban J connectivity index is 1.78. The Morgan fingerprint density at radius 2 is 1.91 bits per heavy atom. The van der Waals surface area contributed by atoms with Gasteiger partial charge in [-0.1, -0.05) is 0 Å². The van der Waals surface area contributed by atoms with Crippen molar-refractivity contribution < 1.29 is 18.7 Å². The molecule has 23 heavy (non-hydrogen) atoms. The highest BCUT2D eigenvalue weighted by molar-refractivity contribution is 5.86. The van der Waals surface area contributed by atoms with Crippen LogP contribution in [0.1, 0.15) is 52.9 Å². The van der Waals surface area contributed by atoms with Crippen molar-refractivity contribution >= 4 is 11.8 Å². The second-order valence-electron chi connectivity index (χ2n) is 8.05. The number of halogens is 1. The van der Waals surface area contributed by atoms with E-state index in [4.69, 9.17) is 4.74 Å². The van der Waals surface area contributed by atoms with Crippen molar-refractivity contribution in [3.05, 3.63) is 0 Å². The molecule has 5 nitrogen and oxygen atoms in total. The Hall–Kier alpha value is -1.17. The number of amides is 2. The molecule has 3 aliphatic heterocycles. The molecule has 130 valence electrons. The van der Waals surface area contributed by atoms with E-state index in [2.05, 4.69) is 5.32 Å². The molecular formula is C17H27FN2O3. The van der Waals surface area contributed by atoms with Gasteiger partial charge >= 0.3 is 0 Å². The molecule has 6 heteroatoms. The third-order valence-corrected chi connectivity index (χ3v) is 5.51. The summed E-state index contributed by atoms with van der Waals surface area (Å²) in [4.78, 5) is 27.0. The smallest absolute Gasteiger partial charge is 0.257 e. The van der Waals surface area contributed by atoms with Crippen LogP contribution in [0.4, 0.5) is 4.39 Å². The number of hydrogen-bond acceptors (Lipinski definition) is 3. The molecule has 3 saturated heterocycles. The fraction of sp³-hybridized carbons (Fsp3) is 0.882. The average molecular weight is 326 g/mol. The maximum atomic E-state index is 13.9. The summed E-state index contributed by atoms with van der Waals surface area (Å²) in [5, 5.41) is 2.86. The molecule has 3 fully saturated rings. The zero-order valence-electron chi connectivity index (χ0n) is 14.2. The molecule has 2 bridgehead atoms. The number of nitrogens with one attached hydrogen (secondary N) is 1. The van der Waals surface area contributed by atoms with Gasteiger partial charge in [0.25, 0.3) is 5.91 Å². The molecule has 0 spiro atoms. The van der Waals surface area contributed by atoms with Crippen molar-refractivity contribution in [1.82, 2.24) is 10.2 Å². The predicted octanol–water partition coefficient (Wildman–Crippen LogP) is 1.80. The molecule has 0 saturated carbocycles. The quantitative estimate of drug-likeness (QED) is 0.860. The molecule has 3 rings (SSSR count). The van der Waals surface area contributed by atoms with Gasteiger partial charge in [-0.25, -0.2) is 4.39 Å². The first kappa shape index (κ1) is 16.7. The number of ether oxygens (including phenoxy) is 1. The number of alkyl halides is 1. The SMILES string of the molecule is CC(C)(F)C(=O)NC1CCCC2CCC1N2C(=O)C1(C)COC1. The monoisotopic (exact) mass is 326 g/mol. The van der Waals surface area contributed by atoms with Crippen LogP contribution in [0, 0.1) is 5.41 Å². The number of carbonyl (C=O) groups is 2. The molecule has 0 aliphatic carbocycles. The highest BCUT2D eigenvalue weighted by atomic mass is 19.1. The van der Waals surface area contributed by atoms with Crippen LogP contribution in [0.2, 0.25) is 0 Å². The van der Waals surface area contributed by atoms with Crippen molar-refractivity contribution in [2.75, 3.05) is 13.2 Å². The van der Waals surface area contributed by atoms with E-state index >= 15 is 0 Å². The van der Waals surface area contributed by atoms with Gasteiger partial charge in [-0.15, -0.1) is 0 Å². The first-order valence-electron chi connectivity index (χ1n) is 8.63. The van der Waals surface area contributed by atoms with Crippen LogP contribution in [0.25, 0.3) is 0 Å². The number of carbonyl (C=O) groups excluding carboxylic acids is 2. The molecule has 3 unspecified atom stereocenters. The van der Waals surface area contributed by atoms with Gasteiger partial charge in [0.1, 0.15) is 0 Å². The first-order chi connectivity index (χ1) is 10.7. The lowest BCUT2D eigenvalue weighted by atomic mass is 9.86. The molecule has 3 atom stereocenters. The summed E-state index contributed by atoms with van der Waals surface area (Å²) in [6.45, 7) is 5.42. The fourth-order valence-electron chi connectivity index (χ4n) is 4.02. The Morgan fingerprint density at radius 3 is 2.48 bits per heavy atom. The van der Waals surface area contributed by atoms with E-state index in [-0.39, 0.29) is 24.0 Å². The minimum Gasteiger partial charge on any atom is -0.379 e. The van der Waals surface area contributed by atoms with Crippen LogP contribution in [0.3, 0.4) is 0 Å². The Labute approximate surface area is 136 Å². The van der Waals surface area contributed by atoms with Crippen molar-refractivity contribution in [3.63, 3.8) is 0 Å². The van der Waals surface area contributed by atoms with Gasteiger partial charge in [0.2, 0.25) is 5.91 Å². The predicted molar refractivity (Wildman–Crippen MR) is 83.6 cm³/mol. The van der Waals surface area contributed by atoms with Crippen LogP contribution in [-0.4, -0.2) is 53.7 Å². The van der Waals surface area contributed by atoms with Gasteiger partial charge in [0.05, 0.1) is 24.7 Å². The third-order valence-electron chi connectivity index (χ3n) is 5.51. The van der Waals surface area contributed by atoms with Crippen molar-refractivity contribution in [3.8, 4) is 0 Å². The van der Waals surface area contributed by atoms with Crippen LogP contribution in [0.5, 0.6) is 0 Å². The summed E-state index contributed by atoms with van der Waals surface area (Å²) in [6.07, 6.45) is 4.57. The van der Waals surface area contributed by atoms with Crippen LogP contribution >= 0.6 is 0 Å². The summed E-state index contributed by atoms with van der Waals surface area (Å²) in [7, 11) is 0. The summed E-state index contributed by atoms with van der Waals surface area (Å²) >= 11 is 0. The third kappa shape index (κ3) is 2.97. The van der Waals surface area contributed by atoms with Crippen molar-refractivity contribution in [2.45, 2.75) is 76.7 Å². The molecule has 0 radical (unpaired) electrons. The molecule has 3 heterocycles. The fourth-order valence-corrected chi connectivity index (χ4v) is 4.02. The lowest BCUT2D eigenvalue weighted by Gasteiger charge is -2.43. The number of hydrogen-bond donors (Lipinski definition) is 1. The van der Waals surface area contributed by atoms with Crippen LogP contribution in [-0.2, 0) is 14.3 Å². The van der Waals surface area contributed by atoms with Gasteiger partial charge in [0, 0.05) is 12.1 Å². The highest BCUT2D eigenvalue weighted by Gasteiger charge is 2.51. The average Bonchev–Trinajstić information content (AvgIpc) is 2.75. The highest BCUT2D eigenvalue weighted by Crippen LogP contribution is 2.39. The summed E-state index contributed by atoms with van der Waals surface area (Å²) in [5.41, 5.74) is -2.33. The Morgan fingerprint density at radius 1 is 1.22 bits per heavy atom. The maximum Gasteiger partial charge on any atom is 0.257 e. The zero-order valence-corrected chi connectivity index (χ0v) is 14.2. The molecule has 1 N–H and O–H groups in total. The summed E-state index contributed by atoms with van der Waals surface area (Å²) < 4.78 is 19.1.